The van der Waals surface area contributed by atoms with Crippen molar-refractivity contribution in [3.8, 4) is 11.5 Å². The molecule has 0 unspecified atom stereocenters. The third-order valence-corrected chi connectivity index (χ3v) is 4.69. The van der Waals surface area contributed by atoms with Crippen molar-refractivity contribution >= 4 is 21.4 Å². The molecule has 3 rings (SSSR count). The molecule has 2 aromatic rings. The highest BCUT2D eigenvalue weighted by Gasteiger charge is 2.21. The SMILES string of the molecule is Cc1ccc(S(=O)(=O)Nc2ccc3c(c2)OCO3)cc1[N+](=O)[O-]. The van der Waals surface area contributed by atoms with E-state index in [1.807, 2.05) is 0 Å². The average molecular weight is 336 g/mol. The Morgan fingerprint density at radius 3 is 2.61 bits per heavy atom. The Hall–Kier alpha value is -2.81. The highest BCUT2D eigenvalue weighted by Crippen LogP contribution is 2.35. The van der Waals surface area contributed by atoms with Crippen molar-refractivity contribution in [3.63, 3.8) is 0 Å². The molecular weight excluding hydrogens is 324 g/mol. The molecular formula is C14H12N2O6S. The average Bonchev–Trinajstić information content (AvgIpc) is 2.94. The molecule has 0 bridgehead atoms. The highest BCUT2D eigenvalue weighted by atomic mass is 32.2. The van der Waals surface area contributed by atoms with E-state index in [-0.39, 0.29) is 23.1 Å². The van der Waals surface area contributed by atoms with Gasteiger partial charge in [0.15, 0.2) is 11.5 Å². The lowest BCUT2D eigenvalue weighted by molar-refractivity contribution is -0.385. The lowest BCUT2D eigenvalue weighted by Gasteiger charge is -2.09. The molecule has 23 heavy (non-hydrogen) atoms. The predicted molar refractivity (Wildman–Crippen MR) is 81.2 cm³/mol. The summed E-state index contributed by atoms with van der Waals surface area (Å²) in [6.07, 6.45) is 0. The lowest BCUT2D eigenvalue weighted by atomic mass is 10.2. The normalized spacial score (nSPS) is 12.9. The minimum absolute atomic E-state index is 0.0791. The van der Waals surface area contributed by atoms with Crippen molar-refractivity contribution in [2.24, 2.45) is 0 Å². The summed E-state index contributed by atoms with van der Waals surface area (Å²) in [4.78, 5) is 10.1. The first-order valence-electron chi connectivity index (χ1n) is 6.54. The maximum Gasteiger partial charge on any atom is 0.273 e. The molecule has 1 aliphatic rings. The molecule has 1 heterocycles. The number of rotatable bonds is 4. The largest absolute Gasteiger partial charge is 0.454 e. The number of hydrogen-bond acceptors (Lipinski definition) is 6. The van der Waals surface area contributed by atoms with Gasteiger partial charge in [-0.3, -0.25) is 14.8 Å². The topological polar surface area (TPSA) is 108 Å². The second-order valence-electron chi connectivity index (χ2n) is 4.88. The van der Waals surface area contributed by atoms with Gasteiger partial charge in [0.05, 0.1) is 15.5 Å². The fraction of sp³-hybridized carbons (Fsp3) is 0.143. The number of nitro groups is 1. The van der Waals surface area contributed by atoms with E-state index in [0.717, 1.165) is 6.07 Å². The molecule has 0 amide bonds. The van der Waals surface area contributed by atoms with Crippen LogP contribution in [-0.2, 0) is 10.0 Å². The van der Waals surface area contributed by atoms with Crippen molar-refractivity contribution < 1.29 is 22.8 Å². The van der Waals surface area contributed by atoms with Crippen LogP contribution < -0.4 is 14.2 Å². The first-order valence-corrected chi connectivity index (χ1v) is 8.03. The molecule has 2 aromatic carbocycles. The number of hydrogen-bond donors (Lipinski definition) is 1. The first kappa shape index (κ1) is 15.1. The van der Waals surface area contributed by atoms with Crippen LogP contribution in [0, 0.1) is 17.0 Å². The Kier molecular flexibility index (Phi) is 3.57. The van der Waals surface area contributed by atoms with E-state index < -0.39 is 14.9 Å². The van der Waals surface area contributed by atoms with E-state index in [9.17, 15) is 18.5 Å². The summed E-state index contributed by atoms with van der Waals surface area (Å²) >= 11 is 0. The third kappa shape index (κ3) is 2.90. The first-order chi connectivity index (χ1) is 10.9. The Labute approximate surface area is 131 Å². The lowest BCUT2D eigenvalue weighted by Crippen LogP contribution is -2.13. The number of anilines is 1. The molecule has 0 radical (unpaired) electrons. The summed E-state index contributed by atoms with van der Waals surface area (Å²) in [5, 5.41) is 10.9. The van der Waals surface area contributed by atoms with Gasteiger partial charge in [0.25, 0.3) is 15.7 Å². The van der Waals surface area contributed by atoms with Crippen LogP contribution >= 0.6 is 0 Å². The number of sulfonamides is 1. The van der Waals surface area contributed by atoms with Crippen molar-refractivity contribution in [1.29, 1.82) is 0 Å². The summed E-state index contributed by atoms with van der Waals surface area (Å²) in [7, 11) is -3.95. The van der Waals surface area contributed by atoms with Gasteiger partial charge in [-0.15, -0.1) is 0 Å². The van der Waals surface area contributed by atoms with Crippen LogP contribution in [0.3, 0.4) is 0 Å². The van der Waals surface area contributed by atoms with Crippen molar-refractivity contribution in [2.45, 2.75) is 11.8 Å². The molecule has 120 valence electrons. The minimum atomic E-state index is -3.95. The summed E-state index contributed by atoms with van der Waals surface area (Å²) in [6, 6.07) is 8.34. The van der Waals surface area contributed by atoms with E-state index in [4.69, 9.17) is 9.47 Å². The van der Waals surface area contributed by atoms with Crippen LogP contribution in [0.25, 0.3) is 0 Å². The summed E-state index contributed by atoms with van der Waals surface area (Å²) < 4.78 is 37.5. The Morgan fingerprint density at radius 2 is 1.87 bits per heavy atom. The maximum atomic E-state index is 12.4. The molecule has 1 N–H and O–H groups in total. The molecule has 0 fully saturated rings. The van der Waals surface area contributed by atoms with Gasteiger partial charge < -0.3 is 9.47 Å². The van der Waals surface area contributed by atoms with Crippen LogP contribution in [0.4, 0.5) is 11.4 Å². The summed E-state index contributed by atoms with van der Waals surface area (Å²) in [6.45, 7) is 1.62. The second kappa shape index (κ2) is 5.43. The van der Waals surface area contributed by atoms with Crippen LogP contribution in [0.15, 0.2) is 41.3 Å². The summed E-state index contributed by atoms with van der Waals surface area (Å²) in [5.74, 6) is 0.957. The Morgan fingerprint density at radius 1 is 1.13 bits per heavy atom. The molecule has 8 nitrogen and oxygen atoms in total. The molecule has 0 atom stereocenters. The predicted octanol–water partition coefficient (Wildman–Crippen LogP) is 2.43. The number of benzene rings is 2. The van der Waals surface area contributed by atoms with Crippen LogP contribution in [0.5, 0.6) is 11.5 Å². The van der Waals surface area contributed by atoms with Crippen molar-refractivity contribution in [3.05, 3.63) is 52.1 Å². The highest BCUT2D eigenvalue weighted by molar-refractivity contribution is 7.92. The van der Waals surface area contributed by atoms with Crippen molar-refractivity contribution in [1.82, 2.24) is 0 Å². The number of aryl methyl sites for hydroxylation is 1. The van der Waals surface area contributed by atoms with Gasteiger partial charge in [0.2, 0.25) is 6.79 Å². The zero-order valence-corrected chi connectivity index (χ0v) is 12.8. The minimum Gasteiger partial charge on any atom is -0.454 e. The van der Waals surface area contributed by atoms with E-state index >= 15 is 0 Å². The van der Waals surface area contributed by atoms with Crippen LogP contribution in [-0.4, -0.2) is 20.1 Å². The molecule has 0 aliphatic carbocycles. The van der Waals surface area contributed by atoms with Crippen LogP contribution in [0.1, 0.15) is 5.56 Å². The molecule has 0 spiro atoms. The van der Waals surface area contributed by atoms with Crippen LogP contribution in [0.2, 0.25) is 0 Å². The van der Waals surface area contributed by atoms with E-state index in [2.05, 4.69) is 4.72 Å². The monoisotopic (exact) mass is 336 g/mol. The second-order valence-corrected chi connectivity index (χ2v) is 6.56. The summed E-state index contributed by atoms with van der Waals surface area (Å²) in [5.41, 5.74) is 0.410. The van der Waals surface area contributed by atoms with Gasteiger partial charge in [-0.1, -0.05) is 6.07 Å². The number of ether oxygens (including phenoxy) is 2. The zero-order valence-electron chi connectivity index (χ0n) is 12.0. The molecule has 9 heteroatoms. The maximum absolute atomic E-state index is 12.4. The molecule has 0 aromatic heterocycles. The van der Waals surface area contributed by atoms with Gasteiger partial charge in [0, 0.05) is 17.7 Å². The molecule has 0 saturated carbocycles. The number of fused-ring (bicyclic) bond motifs is 1. The Bertz CT molecular complexity index is 894. The smallest absolute Gasteiger partial charge is 0.273 e. The van der Waals surface area contributed by atoms with Gasteiger partial charge in [0.1, 0.15) is 0 Å². The van der Waals surface area contributed by atoms with E-state index in [1.165, 1.54) is 24.3 Å². The number of nitrogens with one attached hydrogen (secondary N) is 1. The van der Waals surface area contributed by atoms with Gasteiger partial charge in [-0.2, -0.15) is 0 Å². The van der Waals surface area contributed by atoms with Crippen molar-refractivity contribution in [2.75, 3.05) is 11.5 Å². The fourth-order valence-electron chi connectivity index (χ4n) is 2.13. The van der Waals surface area contributed by atoms with E-state index in [1.54, 1.807) is 13.0 Å². The Balaban J connectivity index is 1.93. The third-order valence-electron chi connectivity index (χ3n) is 3.31. The fourth-order valence-corrected chi connectivity index (χ4v) is 3.20. The zero-order chi connectivity index (χ0) is 16.6. The molecule has 1 aliphatic heterocycles. The quantitative estimate of drug-likeness (QED) is 0.678. The standard InChI is InChI=1S/C14H12N2O6S/c1-9-2-4-11(7-12(9)16(17)18)23(19,20)15-10-3-5-13-14(6-10)22-8-21-13/h2-7,15H,8H2,1H3. The van der Waals surface area contributed by atoms with Gasteiger partial charge in [-0.25, -0.2) is 8.42 Å². The van der Waals surface area contributed by atoms with Gasteiger partial charge in [-0.05, 0) is 25.1 Å². The number of nitro benzene ring substituents is 1. The number of nitrogens with zero attached hydrogens (tertiary/aromatic N) is 1. The van der Waals surface area contributed by atoms with E-state index in [0.29, 0.717) is 17.1 Å². The van der Waals surface area contributed by atoms with Gasteiger partial charge >= 0.3 is 0 Å². The molecule has 0 saturated heterocycles.